The van der Waals surface area contributed by atoms with Crippen molar-refractivity contribution >= 4 is 33.7 Å². The molecule has 2 N–H and O–H groups in total. The zero-order valence-electron chi connectivity index (χ0n) is 25.1. The van der Waals surface area contributed by atoms with E-state index in [2.05, 4.69) is 52.5 Å². The smallest absolute Gasteiger partial charge is 0.255 e. The molecule has 0 unspecified atom stereocenters. The van der Waals surface area contributed by atoms with E-state index >= 15 is 0 Å². The lowest BCUT2D eigenvalue weighted by Crippen LogP contribution is -2.40. The Morgan fingerprint density at radius 2 is 1.60 bits per heavy atom. The maximum Gasteiger partial charge on any atom is 0.255 e. The van der Waals surface area contributed by atoms with Crippen molar-refractivity contribution < 1.29 is 18.0 Å². The summed E-state index contributed by atoms with van der Waals surface area (Å²) < 4.78 is 30.5. The molecule has 0 saturated heterocycles. The average Bonchev–Trinajstić information content (AvgIpc) is 3.25. The second kappa shape index (κ2) is 13.6. The Labute approximate surface area is 253 Å². The van der Waals surface area contributed by atoms with Crippen LogP contribution in [0.2, 0.25) is 0 Å². The molecule has 9 nitrogen and oxygen atoms in total. The highest BCUT2D eigenvalue weighted by atomic mass is 32.2. The van der Waals surface area contributed by atoms with Crippen LogP contribution < -0.4 is 10.7 Å². The van der Waals surface area contributed by atoms with Crippen LogP contribution in [0.15, 0.2) is 88.9 Å². The topological polar surface area (TPSA) is 113 Å². The fourth-order valence-electron chi connectivity index (χ4n) is 4.79. The SMILES string of the molecule is CC(=O)Nc1ccc(S(=O)(=O)N(CCc2ccccc2)CC(=O)N/N=C/c2cc(C)n(-c3ccc(C)c(C)c3)c2C)cc1. The molecule has 0 aliphatic rings. The van der Waals surface area contributed by atoms with Crippen molar-refractivity contribution in [2.24, 2.45) is 5.10 Å². The van der Waals surface area contributed by atoms with Crippen LogP contribution in [-0.2, 0) is 26.0 Å². The summed E-state index contributed by atoms with van der Waals surface area (Å²) in [4.78, 5) is 24.3. The molecule has 0 atom stereocenters. The van der Waals surface area contributed by atoms with Crippen LogP contribution in [0.1, 0.15) is 40.6 Å². The van der Waals surface area contributed by atoms with Gasteiger partial charge >= 0.3 is 0 Å². The lowest BCUT2D eigenvalue weighted by Gasteiger charge is -2.21. The molecule has 224 valence electrons. The Kier molecular flexibility index (Phi) is 9.95. The molecule has 0 aliphatic heterocycles. The Bertz CT molecular complexity index is 1740. The third-order valence-corrected chi connectivity index (χ3v) is 9.10. The van der Waals surface area contributed by atoms with Crippen molar-refractivity contribution in [1.82, 2.24) is 14.3 Å². The molecule has 43 heavy (non-hydrogen) atoms. The molecule has 3 aromatic carbocycles. The van der Waals surface area contributed by atoms with Gasteiger partial charge in [0.15, 0.2) is 0 Å². The van der Waals surface area contributed by atoms with E-state index in [-0.39, 0.29) is 17.3 Å². The summed E-state index contributed by atoms with van der Waals surface area (Å²) in [6.07, 6.45) is 1.99. The van der Waals surface area contributed by atoms with Gasteiger partial charge in [0.2, 0.25) is 15.9 Å². The van der Waals surface area contributed by atoms with E-state index in [1.54, 1.807) is 6.21 Å². The van der Waals surface area contributed by atoms with Crippen LogP contribution in [0.4, 0.5) is 5.69 Å². The van der Waals surface area contributed by atoms with Crippen molar-refractivity contribution in [3.05, 3.63) is 113 Å². The first-order chi connectivity index (χ1) is 20.5. The maximum absolute atomic E-state index is 13.6. The highest BCUT2D eigenvalue weighted by Gasteiger charge is 2.26. The van der Waals surface area contributed by atoms with E-state index in [4.69, 9.17) is 0 Å². The number of nitrogens with one attached hydrogen (secondary N) is 2. The first-order valence-electron chi connectivity index (χ1n) is 14.0. The van der Waals surface area contributed by atoms with Gasteiger partial charge in [-0.05, 0) is 93.3 Å². The second-order valence-electron chi connectivity index (χ2n) is 10.5. The number of aromatic nitrogens is 1. The number of aryl methyl sites for hydroxylation is 3. The van der Waals surface area contributed by atoms with E-state index < -0.39 is 22.5 Å². The first kappa shape index (κ1) is 31.4. The molecule has 0 aliphatic carbocycles. The average molecular weight is 600 g/mol. The molecule has 0 saturated carbocycles. The Hall–Kier alpha value is -4.54. The second-order valence-corrected chi connectivity index (χ2v) is 12.4. The number of anilines is 1. The monoisotopic (exact) mass is 599 g/mol. The van der Waals surface area contributed by atoms with Crippen molar-refractivity contribution in [3.8, 4) is 5.69 Å². The summed E-state index contributed by atoms with van der Waals surface area (Å²) in [6.45, 7) is 9.20. The molecule has 0 spiro atoms. The summed E-state index contributed by atoms with van der Waals surface area (Å²) >= 11 is 0. The third kappa shape index (κ3) is 7.85. The van der Waals surface area contributed by atoms with Gasteiger partial charge < -0.3 is 9.88 Å². The van der Waals surface area contributed by atoms with Crippen molar-refractivity contribution in [3.63, 3.8) is 0 Å². The van der Waals surface area contributed by atoms with E-state index in [0.717, 1.165) is 32.5 Å². The minimum absolute atomic E-state index is 0.0183. The molecule has 4 rings (SSSR count). The van der Waals surface area contributed by atoms with Gasteiger partial charge in [-0.3, -0.25) is 9.59 Å². The Balaban J connectivity index is 1.50. The highest BCUT2D eigenvalue weighted by Crippen LogP contribution is 2.22. The van der Waals surface area contributed by atoms with Crippen molar-refractivity contribution in [2.45, 2.75) is 45.9 Å². The van der Waals surface area contributed by atoms with Crippen LogP contribution in [0.3, 0.4) is 0 Å². The van der Waals surface area contributed by atoms with Crippen LogP contribution >= 0.6 is 0 Å². The molecule has 4 aromatic rings. The van der Waals surface area contributed by atoms with E-state index in [1.165, 1.54) is 42.3 Å². The fraction of sp³-hybridized carbons (Fsp3) is 0.242. The van der Waals surface area contributed by atoms with E-state index in [0.29, 0.717) is 12.1 Å². The van der Waals surface area contributed by atoms with Gasteiger partial charge in [-0.15, -0.1) is 0 Å². The van der Waals surface area contributed by atoms with Gasteiger partial charge in [-0.2, -0.15) is 9.41 Å². The predicted octanol–water partition coefficient (Wildman–Crippen LogP) is 5.05. The van der Waals surface area contributed by atoms with Gasteiger partial charge in [-0.1, -0.05) is 36.4 Å². The molecular weight excluding hydrogens is 562 g/mol. The number of benzene rings is 3. The molecule has 1 heterocycles. The molecule has 0 bridgehead atoms. The highest BCUT2D eigenvalue weighted by molar-refractivity contribution is 7.89. The number of carbonyl (C=O) groups excluding carboxylic acids is 2. The lowest BCUT2D eigenvalue weighted by atomic mass is 10.1. The number of hydrogen-bond donors (Lipinski definition) is 2. The molecule has 0 radical (unpaired) electrons. The normalized spacial score (nSPS) is 11.7. The Morgan fingerprint density at radius 1 is 0.907 bits per heavy atom. The summed E-state index contributed by atoms with van der Waals surface area (Å²) in [5.74, 6) is -0.824. The molecule has 0 fully saturated rings. The molecule has 1 aromatic heterocycles. The molecule has 10 heteroatoms. The van der Waals surface area contributed by atoms with Gasteiger partial charge in [0, 0.05) is 41.8 Å². The Morgan fingerprint density at radius 3 is 2.26 bits per heavy atom. The van der Waals surface area contributed by atoms with Gasteiger partial charge in [0.25, 0.3) is 5.91 Å². The fourth-order valence-corrected chi connectivity index (χ4v) is 6.19. The standard InChI is InChI=1S/C33H37N5O4S/c1-23-11-14-31(19-24(23)2)38-25(3)20-29(26(38)4)21-34-36-33(40)22-37(18-17-28-9-7-6-8-10-28)43(41,42)32-15-12-30(13-16-32)35-27(5)39/h6-16,19-21H,17-18,22H2,1-5H3,(H,35,39)(H,36,40)/b34-21+. The number of amides is 2. The van der Waals surface area contributed by atoms with E-state index in [1.807, 2.05) is 50.2 Å². The van der Waals surface area contributed by atoms with Gasteiger partial charge in [-0.25, -0.2) is 13.8 Å². The summed E-state index contributed by atoms with van der Waals surface area (Å²) in [5, 5.41) is 6.77. The molecule has 2 amide bonds. The largest absolute Gasteiger partial charge is 0.326 e. The minimum atomic E-state index is -4.03. The maximum atomic E-state index is 13.6. The minimum Gasteiger partial charge on any atom is -0.326 e. The van der Waals surface area contributed by atoms with Gasteiger partial charge in [0.1, 0.15) is 0 Å². The van der Waals surface area contributed by atoms with Crippen LogP contribution in [0, 0.1) is 27.7 Å². The zero-order valence-corrected chi connectivity index (χ0v) is 25.9. The zero-order chi connectivity index (χ0) is 31.1. The van der Waals surface area contributed by atoms with E-state index in [9.17, 15) is 18.0 Å². The van der Waals surface area contributed by atoms with Crippen molar-refractivity contribution in [2.75, 3.05) is 18.4 Å². The third-order valence-electron chi connectivity index (χ3n) is 7.24. The summed E-state index contributed by atoms with van der Waals surface area (Å²) in [5.41, 5.74) is 10.2. The molecular formula is C33H37N5O4S. The first-order valence-corrected chi connectivity index (χ1v) is 15.4. The van der Waals surface area contributed by atoms with Gasteiger partial charge in [0.05, 0.1) is 17.7 Å². The predicted molar refractivity (Wildman–Crippen MR) is 170 cm³/mol. The summed E-state index contributed by atoms with van der Waals surface area (Å²) in [6, 6.07) is 23.6. The van der Waals surface area contributed by atoms with Crippen LogP contribution in [0.25, 0.3) is 5.69 Å². The lowest BCUT2D eigenvalue weighted by molar-refractivity contribution is -0.121. The number of carbonyl (C=O) groups is 2. The van der Waals surface area contributed by atoms with Crippen molar-refractivity contribution in [1.29, 1.82) is 0 Å². The number of nitrogens with zero attached hydrogens (tertiary/aromatic N) is 3. The number of sulfonamides is 1. The number of hydrogen-bond acceptors (Lipinski definition) is 5. The number of rotatable bonds is 11. The summed E-state index contributed by atoms with van der Waals surface area (Å²) in [7, 11) is -4.03. The van der Waals surface area contributed by atoms with Crippen LogP contribution in [-0.4, -0.2) is 48.4 Å². The van der Waals surface area contributed by atoms with Crippen LogP contribution in [0.5, 0.6) is 0 Å². The number of hydrazone groups is 1. The quantitative estimate of drug-likeness (QED) is 0.186.